The molecule has 0 amide bonds. The SMILES string of the molecule is Cc1cc(N(C)CCN)nn1C. The molecule has 4 nitrogen and oxygen atoms in total. The molecule has 2 N–H and O–H groups in total. The predicted molar refractivity (Wildman–Crippen MR) is 50.3 cm³/mol. The minimum Gasteiger partial charge on any atom is -0.357 e. The van der Waals surface area contributed by atoms with Gasteiger partial charge < -0.3 is 10.6 Å². The third-order valence-electron chi connectivity index (χ3n) is 1.96. The van der Waals surface area contributed by atoms with Crippen LogP contribution in [0.15, 0.2) is 6.07 Å². The third-order valence-corrected chi connectivity index (χ3v) is 1.96. The molecule has 0 saturated carbocycles. The first-order valence-corrected chi connectivity index (χ1v) is 4.07. The molecule has 0 radical (unpaired) electrons. The number of rotatable bonds is 3. The molecular weight excluding hydrogens is 152 g/mol. The van der Waals surface area contributed by atoms with Crippen molar-refractivity contribution in [1.29, 1.82) is 0 Å². The second kappa shape index (κ2) is 3.58. The van der Waals surface area contributed by atoms with Gasteiger partial charge in [0.05, 0.1) is 0 Å². The van der Waals surface area contributed by atoms with Crippen LogP contribution in [-0.2, 0) is 7.05 Å². The van der Waals surface area contributed by atoms with Gasteiger partial charge in [0.2, 0.25) is 0 Å². The lowest BCUT2D eigenvalue weighted by molar-refractivity contribution is 0.729. The summed E-state index contributed by atoms with van der Waals surface area (Å²) >= 11 is 0. The van der Waals surface area contributed by atoms with Gasteiger partial charge in [0, 0.05) is 38.9 Å². The van der Waals surface area contributed by atoms with Crippen LogP contribution >= 0.6 is 0 Å². The Kier molecular flexibility index (Phi) is 2.70. The van der Waals surface area contributed by atoms with E-state index in [4.69, 9.17) is 5.73 Å². The Morgan fingerprint density at radius 2 is 2.33 bits per heavy atom. The molecule has 0 saturated heterocycles. The lowest BCUT2D eigenvalue weighted by Crippen LogP contribution is -2.25. The average molecular weight is 168 g/mol. The van der Waals surface area contributed by atoms with Crippen molar-refractivity contribution < 1.29 is 0 Å². The van der Waals surface area contributed by atoms with Gasteiger partial charge in [-0.1, -0.05) is 0 Å². The summed E-state index contributed by atoms with van der Waals surface area (Å²) in [6.45, 7) is 3.54. The van der Waals surface area contributed by atoms with Gasteiger partial charge in [-0.25, -0.2) is 0 Å². The molecule has 0 bridgehead atoms. The molecule has 1 rings (SSSR count). The number of nitrogens with zero attached hydrogens (tertiary/aromatic N) is 3. The van der Waals surface area contributed by atoms with E-state index in [-0.39, 0.29) is 0 Å². The second-order valence-electron chi connectivity index (χ2n) is 2.98. The molecule has 12 heavy (non-hydrogen) atoms. The van der Waals surface area contributed by atoms with Crippen LogP contribution in [0.2, 0.25) is 0 Å². The number of aryl methyl sites for hydroxylation is 2. The summed E-state index contributed by atoms with van der Waals surface area (Å²) in [7, 11) is 3.93. The van der Waals surface area contributed by atoms with Crippen LogP contribution in [0, 0.1) is 6.92 Å². The number of hydrogen-bond donors (Lipinski definition) is 1. The number of aromatic nitrogens is 2. The maximum Gasteiger partial charge on any atom is 0.150 e. The van der Waals surface area contributed by atoms with Crippen LogP contribution in [0.5, 0.6) is 0 Å². The topological polar surface area (TPSA) is 47.1 Å². The van der Waals surface area contributed by atoms with Gasteiger partial charge in [0.15, 0.2) is 5.82 Å². The van der Waals surface area contributed by atoms with Gasteiger partial charge in [-0.3, -0.25) is 4.68 Å². The average Bonchev–Trinajstić information content (AvgIpc) is 2.33. The van der Waals surface area contributed by atoms with Crippen molar-refractivity contribution in [2.75, 3.05) is 25.0 Å². The Morgan fingerprint density at radius 1 is 1.67 bits per heavy atom. The summed E-state index contributed by atoms with van der Waals surface area (Å²) in [5.74, 6) is 0.987. The molecule has 0 fully saturated rings. The zero-order valence-electron chi connectivity index (χ0n) is 7.91. The molecule has 0 aromatic carbocycles. The lowest BCUT2D eigenvalue weighted by Gasteiger charge is -2.13. The molecule has 0 aliphatic rings. The summed E-state index contributed by atoms with van der Waals surface area (Å²) in [5, 5.41) is 4.32. The fourth-order valence-electron chi connectivity index (χ4n) is 1.04. The van der Waals surface area contributed by atoms with E-state index in [1.807, 2.05) is 30.6 Å². The first-order chi connectivity index (χ1) is 5.65. The van der Waals surface area contributed by atoms with Crippen molar-refractivity contribution >= 4 is 5.82 Å². The summed E-state index contributed by atoms with van der Waals surface area (Å²) in [6, 6.07) is 2.05. The molecule has 0 aliphatic heterocycles. The van der Waals surface area contributed by atoms with Gasteiger partial charge in [0.1, 0.15) is 0 Å². The van der Waals surface area contributed by atoms with Crippen molar-refractivity contribution in [3.8, 4) is 0 Å². The fraction of sp³-hybridized carbons (Fsp3) is 0.625. The van der Waals surface area contributed by atoms with E-state index in [2.05, 4.69) is 11.2 Å². The van der Waals surface area contributed by atoms with E-state index in [1.165, 1.54) is 0 Å². The van der Waals surface area contributed by atoms with E-state index in [9.17, 15) is 0 Å². The van der Waals surface area contributed by atoms with E-state index in [0.29, 0.717) is 6.54 Å². The Bertz CT molecular complexity index is 234. The minimum atomic E-state index is 0.659. The molecule has 68 valence electrons. The highest BCUT2D eigenvalue weighted by Gasteiger charge is 2.04. The quantitative estimate of drug-likeness (QED) is 0.697. The number of anilines is 1. The summed E-state index contributed by atoms with van der Waals surface area (Å²) in [5.41, 5.74) is 6.60. The van der Waals surface area contributed by atoms with Crippen LogP contribution in [0.25, 0.3) is 0 Å². The monoisotopic (exact) mass is 168 g/mol. The van der Waals surface area contributed by atoms with Crippen LogP contribution in [0.1, 0.15) is 5.69 Å². The van der Waals surface area contributed by atoms with E-state index >= 15 is 0 Å². The van der Waals surface area contributed by atoms with Crippen molar-refractivity contribution in [3.63, 3.8) is 0 Å². The summed E-state index contributed by atoms with van der Waals surface area (Å²) in [6.07, 6.45) is 0. The molecular formula is C8H16N4. The standard InChI is InChI=1S/C8H16N4/c1-7-6-8(10-12(7)3)11(2)5-4-9/h6H,4-5,9H2,1-3H3. The van der Waals surface area contributed by atoms with Gasteiger partial charge in [-0.15, -0.1) is 0 Å². The highest BCUT2D eigenvalue weighted by atomic mass is 15.3. The second-order valence-corrected chi connectivity index (χ2v) is 2.98. The molecule has 1 aromatic rings. The first-order valence-electron chi connectivity index (χ1n) is 4.07. The maximum absolute atomic E-state index is 5.44. The van der Waals surface area contributed by atoms with Crippen LogP contribution in [0.4, 0.5) is 5.82 Å². The zero-order valence-corrected chi connectivity index (χ0v) is 7.91. The molecule has 0 spiro atoms. The van der Waals surface area contributed by atoms with Crippen molar-refractivity contribution in [1.82, 2.24) is 9.78 Å². The number of hydrogen-bond acceptors (Lipinski definition) is 3. The van der Waals surface area contributed by atoms with E-state index in [0.717, 1.165) is 18.1 Å². The largest absolute Gasteiger partial charge is 0.357 e. The Labute approximate surface area is 73.0 Å². The minimum absolute atomic E-state index is 0.659. The lowest BCUT2D eigenvalue weighted by atomic mass is 10.4. The van der Waals surface area contributed by atoms with Gasteiger partial charge in [-0.05, 0) is 6.92 Å². The predicted octanol–water partition coefficient (Wildman–Crippen LogP) is 0.123. The highest BCUT2D eigenvalue weighted by molar-refractivity contribution is 5.38. The number of nitrogens with two attached hydrogens (primary N) is 1. The van der Waals surface area contributed by atoms with E-state index in [1.54, 1.807) is 0 Å². The van der Waals surface area contributed by atoms with Crippen LogP contribution in [0.3, 0.4) is 0 Å². The fourth-order valence-corrected chi connectivity index (χ4v) is 1.04. The molecule has 1 aromatic heterocycles. The van der Waals surface area contributed by atoms with Crippen molar-refractivity contribution in [2.24, 2.45) is 12.8 Å². The first kappa shape index (κ1) is 9.06. The Hall–Kier alpha value is -1.03. The van der Waals surface area contributed by atoms with Crippen molar-refractivity contribution in [3.05, 3.63) is 11.8 Å². The third kappa shape index (κ3) is 1.76. The Balaban J connectivity index is 2.74. The van der Waals surface area contributed by atoms with Crippen LogP contribution < -0.4 is 10.6 Å². The summed E-state index contributed by atoms with van der Waals surface area (Å²) in [4.78, 5) is 2.05. The Morgan fingerprint density at radius 3 is 2.75 bits per heavy atom. The molecule has 4 heteroatoms. The molecule has 0 atom stereocenters. The summed E-state index contributed by atoms with van der Waals surface area (Å²) < 4.78 is 1.86. The van der Waals surface area contributed by atoms with Gasteiger partial charge >= 0.3 is 0 Å². The maximum atomic E-state index is 5.44. The highest BCUT2D eigenvalue weighted by Crippen LogP contribution is 2.10. The zero-order chi connectivity index (χ0) is 9.14. The van der Waals surface area contributed by atoms with Gasteiger partial charge in [-0.2, -0.15) is 5.10 Å². The molecule has 1 heterocycles. The van der Waals surface area contributed by atoms with Crippen molar-refractivity contribution in [2.45, 2.75) is 6.92 Å². The van der Waals surface area contributed by atoms with E-state index < -0.39 is 0 Å². The smallest absolute Gasteiger partial charge is 0.150 e. The normalized spacial score (nSPS) is 10.3. The molecule has 0 unspecified atom stereocenters. The van der Waals surface area contributed by atoms with Crippen LogP contribution in [-0.4, -0.2) is 29.9 Å². The molecule has 0 aliphatic carbocycles. The van der Waals surface area contributed by atoms with Gasteiger partial charge in [0.25, 0.3) is 0 Å². The number of likely N-dealkylation sites (N-methyl/N-ethyl adjacent to an activating group) is 1.